The fourth-order valence-electron chi connectivity index (χ4n) is 1.66. The third kappa shape index (κ3) is 4.33. The minimum Gasteiger partial charge on any atom is -0.366 e. The first kappa shape index (κ1) is 14.4. The van der Waals surface area contributed by atoms with Crippen molar-refractivity contribution in [3.05, 3.63) is 51.1 Å². The van der Waals surface area contributed by atoms with Crippen molar-refractivity contribution in [3.8, 4) is 0 Å². The zero-order chi connectivity index (χ0) is 13.5. The number of rotatable bonds is 6. The zero-order valence-electron chi connectivity index (χ0n) is 10.5. The monoisotopic (exact) mass is 269 g/mol. The van der Waals surface area contributed by atoms with Crippen molar-refractivity contribution in [1.29, 1.82) is 0 Å². The van der Waals surface area contributed by atoms with Gasteiger partial charge in [-0.05, 0) is 25.0 Å². The summed E-state index contributed by atoms with van der Waals surface area (Å²) in [5.74, 6) is 0. The van der Waals surface area contributed by atoms with E-state index in [1.807, 2.05) is 24.8 Å². The molecule has 0 fully saturated rings. The molecule has 0 aliphatic heterocycles. The van der Waals surface area contributed by atoms with Gasteiger partial charge in [-0.25, -0.2) is 4.98 Å². The maximum atomic E-state index is 10.6. The Bertz CT molecular complexity index is 431. The Balaban J connectivity index is 2.83. The van der Waals surface area contributed by atoms with Crippen LogP contribution in [-0.4, -0.2) is 21.4 Å². The molecule has 5 nitrogen and oxygen atoms in total. The van der Waals surface area contributed by atoms with Gasteiger partial charge in [-0.2, -0.15) is 0 Å². The standard InChI is InChI=1S/C12H16ClN3O2/c1-3-11(9-16(17)18)15(4-2)8-10-5-6-12(13)14-7-10/h5-7,9H,3-4,8H2,1-2H3/b11-9+. The molecule has 98 valence electrons. The average Bonchev–Trinajstić information content (AvgIpc) is 2.35. The van der Waals surface area contributed by atoms with Crippen LogP contribution in [0.3, 0.4) is 0 Å². The van der Waals surface area contributed by atoms with E-state index in [0.29, 0.717) is 30.4 Å². The summed E-state index contributed by atoms with van der Waals surface area (Å²) >= 11 is 5.72. The first-order valence-electron chi connectivity index (χ1n) is 5.76. The van der Waals surface area contributed by atoms with Gasteiger partial charge >= 0.3 is 0 Å². The molecule has 0 unspecified atom stereocenters. The molecule has 0 aliphatic carbocycles. The number of hydrogen-bond donors (Lipinski definition) is 0. The summed E-state index contributed by atoms with van der Waals surface area (Å²) in [6.07, 6.45) is 3.37. The molecule has 0 amide bonds. The topological polar surface area (TPSA) is 59.3 Å². The van der Waals surface area contributed by atoms with Gasteiger partial charge in [0.15, 0.2) is 0 Å². The van der Waals surface area contributed by atoms with Gasteiger partial charge in [0.25, 0.3) is 6.20 Å². The summed E-state index contributed by atoms with van der Waals surface area (Å²) in [7, 11) is 0. The molecule has 0 saturated carbocycles. The molecule has 0 aromatic carbocycles. The zero-order valence-corrected chi connectivity index (χ0v) is 11.2. The summed E-state index contributed by atoms with van der Waals surface area (Å²) in [5.41, 5.74) is 1.68. The van der Waals surface area contributed by atoms with E-state index in [1.54, 1.807) is 12.3 Å². The van der Waals surface area contributed by atoms with E-state index in [-0.39, 0.29) is 0 Å². The van der Waals surface area contributed by atoms with Crippen LogP contribution in [0.25, 0.3) is 0 Å². The first-order valence-corrected chi connectivity index (χ1v) is 6.14. The Morgan fingerprint density at radius 1 is 1.56 bits per heavy atom. The summed E-state index contributed by atoms with van der Waals surface area (Å²) in [5, 5.41) is 11.0. The molecule has 0 radical (unpaired) electrons. The van der Waals surface area contributed by atoms with Crippen molar-refractivity contribution in [3.63, 3.8) is 0 Å². The van der Waals surface area contributed by atoms with Gasteiger partial charge in [0.2, 0.25) is 0 Å². The maximum Gasteiger partial charge on any atom is 0.253 e. The van der Waals surface area contributed by atoms with Crippen molar-refractivity contribution in [1.82, 2.24) is 9.88 Å². The Morgan fingerprint density at radius 3 is 2.72 bits per heavy atom. The van der Waals surface area contributed by atoms with Crippen LogP contribution in [0.15, 0.2) is 30.2 Å². The van der Waals surface area contributed by atoms with Crippen molar-refractivity contribution in [2.75, 3.05) is 6.54 Å². The average molecular weight is 270 g/mol. The van der Waals surface area contributed by atoms with E-state index in [4.69, 9.17) is 11.6 Å². The van der Waals surface area contributed by atoms with Crippen molar-refractivity contribution >= 4 is 11.6 Å². The number of aromatic nitrogens is 1. The summed E-state index contributed by atoms with van der Waals surface area (Å²) in [4.78, 5) is 16.1. The Hall–Kier alpha value is -1.62. The molecular formula is C12H16ClN3O2. The Labute approximate surface area is 111 Å². The van der Waals surface area contributed by atoms with E-state index in [0.717, 1.165) is 11.8 Å². The molecule has 0 atom stereocenters. The second kappa shape index (κ2) is 6.96. The molecule has 0 saturated heterocycles. The van der Waals surface area contributed by atoms with Crippen molar-refractivity contribution in [2.24, 2.45) is 0 Å². The number of allylic oxidation sites excluding steroid dienone is 1. The van der Waals surface area contributed by atoms with E-state index in [2.05, 4.69) is 4.98 Å². The molecule has 6 heteroatoms. The smallest absolute Gasteiger partial charge is 0.253 e. The maximum absolute atomic E-state index is 10.6. The molecule has 1 aromatic heterocycles. The van der Waals surface area contributed by atoms with Gasteiger partial charge in [-0.1, -0.05) is 24.6 Å². The normalized spacial score (nSPS) is 11.4. The van der Waals surface area contributed by atoms with Crippen molar-refractivity contribution < 1.29 is 4.92 Å². The van der Waals surface area contributed by atoms with Crippen LogP contribution in [0.4, 0.5) is 0 Å². The van der Waals surface area contributed by atoms with E-state index >= 15 is 0 Å². The predicted molar refractivity (Wildman–Crippen MR) is 70.7 cm³/mol. The number of halogens is 1. The molecule has 0 spiro atoms. The molecule has 1 aromatic rings. The minimum absolute atomic E-state index is 0.415. The fourth-order valence-corrected chi connectivity index (χ4v) is 1.77. The van der Waals surface area contributed by atoms with Gasteiger partial charge < -0.3 is 4.90 Å². The van der Waals surface area contributed by atoms with Gasteiger partial charge in [0, 0.05) is 19.3 Å². The number of nitro groups is 1. The summed E-state index contributed by atoms with van der Waals surface area (Å²) in [6, 6.07) is 3.59. The highest BCUT2D eigenvalue weighted by Gasteiger charge is 2.10. The molecule has 18 heavy (non-hydrogen) atoms. The van der Waals surface area contributed by atoms with Gasteiger partial charge in [0.1, 0.15) is 5.15 Å². The second-order valence-electron chi connectivity index (χ2n) is 3.76. The molecule has 0 bridgehead atoms. The largest absolute Gasteiger partial charge is 0.366 e. The Kier molecular flexibility index (Phi) is 5.58. The van der Waals surface area contributed by atoms with Crippen LogP contribution in [0.2, 0.25) is 5.15 Å². The van der Waals surface area contributed by atoms with E-state index in [9.17, 15) is 10.1 Å². The van der Waals surface area contributed by atoms with Crippen LogP contribution < -0.4 is 0 Å². The lowest BCUT2D eigenvalue weighted by Gasteiger charge is -2.23. The predicted octanol–water partition coefficient (Wildman–Crippen LogP) is 3.09. The number of nitrogens with zero attached hydrogens (tertiary/aromatic N) is 3. The molecular weight excluding hydrogens is 254 g/mol. The summed E-state index contributed by atoms with van der Waals surface area (Å²) < 4.78 is 0. The Morgan fingerprint density at radius 2 is 2.28 bits per heavy atom. The molecule has 1 heterocycles. The molecule has 0 N–H and O–H groups in total. The van der Waals surface area contributed by atoms with E-state index in [1.165, 1.54) is 0 Å². The minimum atomic E-state index is -0.415. The second-order valence-corrected chi connectivity index (χ2v) is 4.15. The third-order valence-corrected chi connectivity index (χ3v) is 2.79. The number of pyridine rings is 1. The fraction of sp³-hybridized carbons (Fsp3) is 0.417. The van der Waals surface area contributed by atoms with E-state index < -0.39 is 4.92 Å². The van der Waals surface area contributed by atoms with Crippen LogP contribution in [0.1, 0.15) is 25.8 Å². The summed E-state index contributed by atoms with van der Waals surface area (Å²) in [6.45, 7) is 5.16. The first-order chi connectivity index (χ1) is 8.56. The van der Waals surface area contributed by atoms with Crippen molar-refractivity contribution in [2.45, 2.75) is 26.8 Å². The van der Waals surface area contributed by atoms with Crippen LogP contribution in [-0.2, 0) is 6.54 Å². The lowest BCUT2D eigenvalue weighted by Crippen LogP contribution is -2.22. The van der Waals surface area contributed by atoms with Gasteiger partial charge in [0.05, 0.1) is 10.6 Å². The lowest BCUT2D eigenvalue weighted by molar-refractivity contribution is -0.404. The highest BCUT2D eigenvalue weighted by Crippen LogP contribution is 2.14. The quantitative estimate of drug-likeness (QED) is 0.452. The SMILES string of the molecule is CC/C(=C\[N+](=O)[O-])N(CC)Cc1ccc(Cl)nc1. The molecule has 0 aliphatic rings. The van der Waals surface area contributed by atoms with Crippen LogP contribution in [0.5, 0.6) is 0 Å². The van der Waals surface area contributed by atoms with Gasteiger partial charge in [-0.3, -0.25) is 10.1 Å². The lowest BCUT2D eigenvalue weighted by atomic mass is 10.2. The van der Waals surface area contributed by atoms with Crippen LogP contribution in [0, 0.1) is 10.1 Å². The third-order valence-electron chi connectivity index (χ3n) is 2.57. The number of hydrogen-bond acceptors (Lipinski definition) is 4. The highest BCUT2D eigenvalue weighted by atomic mass is 35.5. The molecule has 1 rings (SSSR count). The van der Waals surface area contributed by atoms with Gasteiger partial charge in [-0.15, -0.1) is 0 Å². The highest BCUT2D eigenvalue weighted by molar-refractivity contribution is 6.29. The van der Waals surface area contributed by atoms with Crippen LogP contribution >= 0.6 is 11.6 Å².